The quantitative estimate of drug-likeness (QED) is 0.332. The maximum atomic E-state index is 13.7. The lowest BCUT2D eigenvalue weighted by Gasteiger charge is -2.27. The highest BCUT2D eigenvalue weighted by atomic mass is 16.5. The van der Waals surface area contributed by atoms with Crippen molar-refractivity contribution in [1.29, 1.82) is 0 Å². The average Bonchev–Trinajstić information content (AvgIpc) is 3.40. The second-order valence-corrected chi connectivity index (χ2v) is 8.60. The van der Waals surface area contributed by atoms with Crippen molar-refractivity contribution >= 4 is 16.8 Å². The first-order valence-electron chi connectivity index (χ1n) is 11.4. The van der Waals surface area contributed by atoms with E-state index in [4.69, 9.17) is 4.74 Å². The van der Waals surface area contributed by atoms with E-state index in [9.17, 15) is 4.79 Å². The van der Waals surface area contributed by atoms with E-state index in [-0.39, 0.29) is 11.9 Å². The van der Waals surface area contributed by atoms with Gasteiger partial charge in [0.15, 0.2) is 0 Å². The zero-order valence-electron chi connectivity index (χ0n) is 18.9. The van der Waals surface area contributed by atoms with Gasteiger partial charge in [-0.2, -0.15) is 0 Å². The molecule has 1 N–H and O–H groups in total. The number of benzene rings is 4. The van der Waals surface area contributed by atoms with E-state index in [2.05, 4.69) is 47.4 Å². The molecule has 1 aliphatic heterocycles. The second kappa shape index (κ2) is 8.23. The predicted octanol–water partition coefficient (Wildman–Crippen LogP) is 6.59. The fourth-order valence-electron chi connectivity index (χ4n) is 5.08. The Labute approximate surface area is 198 Å². The van der Waals surface area contributed by atoms with Crippen LogP contribution in [-0.2, 0) is 6.54 Å². The standard InChI is InChI=1S/C30H24N2O2/c1-34-22-13-9-12-21(18-22)28-27(25-16-7-8-17-26(25)31-28)29-23-14-5-6-15-24(23)30(33)32(29)19-20-10-3-2-4-11-20/h2-18,29,31H,19H2,1H3/t29-/m1/s1. The summed E-state index contributed by atoms with van der Waals surface area (Å²) < 4.78 is 5.51. The first-order chi connectivity index (χ1) is 16.7. The van der Waals surface area contributed by atoms with Crippen LogP contribution < -0.4 is 4.74 Å². The first kappa shape index (κ1) is 20.3. The maximum Gasteiger partial charge on any atom is 0.255 e. The zero-order valence-corrected chi connectivity index (χ0v) is 18.9. The number of fused-ring (bicyclic) bond motifs is 2. The van der Waals surface area contributed by atoms with Gasteiger partial charge in [-0.05, 0) is 35.4 Å². The number of nitrogens with zero attached hydrogens (tertiary/aromatic N) is 1. The smallest absolute Gasteiger partial charge is 0.255 e. The number of hydrogen-bond acceptors (Lipinski definition) is 2. The molecule has 0 saturated carbocycles. The molecule has 4 nitrogen and oxygen atoms in total. The Morgan fingerprint density at radius 3 is 2.47 bits per heavy atom. The average molecular weight is 445 g/mol. The van der Waals surface area contributed by atoms with Crippen molar-refractivity contribution in [3.05, 3.63) is 125 Å². The van der Waals surface area contributed by atoms with Crippen LogP contribution in [0, 0.1) is 0 Å². The molecule has 4 aromatic carbocycles. The Bertz CT molecular complexity index is 1500. The van der Waals surface area contributed by atoms with Crippen LogP contribution in [0.1, 0.15) is 33.1 Å². The van der Waals surface area contributed by atoms with Crippen molar-refractivity contribution in [3.63, 3.8) is 0 Å². The molecule has 0 fully saturated rings. The van der Waals surface area contributed by atoms with E-state index < -0.39 is 0 Å². The number of hydrogen-bond donors (Lipinski definition) is 1. The maximum absolute atomic E-state index is 13.7. The minimum absolute atomic E-state index is 0.0614. The topological polar surface area (TPSA) is 45.3 Å². The van der Waals surface area contributed by atoms with Gasteiger partial charge in [0.25, 0.3) is 5.91 Å². The van der Waals surface area contributed by atoms with Crippen LogP contribution in [0.3, 0.4) is 0 Å². The Kier molecular flexibility index (Phi) is 4.92. The molecule has 0 saturated heterocycles. The molecule has 0 spiro atoms. The number of rotatable bonds is 5. The number of aromatic nitrogens is 1. The van der Waals surface area contributed by atoms with Crippen LogP contribution in [0.15, 0.2) is 103 Å². The van der Waals surface area contributed by atoms with E-state index in [0.717, 1.165) is 50.2 Å². The van der Waals surface area contributed by atoms with Crippen LogP contribution in [-0.4, -0.2) is 22.9 Å². The summed E-state index contributed by atoms with van der Waals surface area (Å²) in [5, 5.41) is 1.12. The SMILES string of the molecule is COc1cccc(-c2[nH]c3ccccc3c2[C@H]2c3ccccc3C(=O)N2Cc2ccccc2)c1. The van der Waals surface area contributed by atoms with Gasteiger partial charge in [0.1, 0.15) is 5.75 Å². The number of nitrogens with one attached hydrogen (secondary N) is 1. The highest BCUT2D eigenvalue weighted by Crippen LogP contribution is 2.46. The van der Waals surface area contributed by atoms with Gasteiger partial charge >= 0.3 is 0 Å². The summed E-state index contributed by atoms with van der Waals surface area (Å²) in [6, 6.07) is 34.4. The van der Waals surface area contributed by atoms with Crippen molar-refractivity contribution in [2.45, 2.75) is 12.6 Å². The van der Waals surface area contributed by atoms with Gasteiger partial charge < -0.3 is 14.6 Å². The third-order valence-corrected chi connectivity index (χ3v) is 6.63. The summed E-state index contributed by atoms with van der Waals surface area (Å²) in [6.45, 7) is 0.538. The lowest BCUT2D eigenvalue weighted by atomic mass is 9.93. The summed E-state index contributed by atoms with van der Waals surface area (Å²) in [5.41, 5.74) is 7.11. The Morgan fingerprint density at radius 1 is 0.853 bits per heavy atom. The molecule has 6 rings (SSSR count). The van der Waals surface area contributed by atoms with E-state index >= 15 is 0 Å². The molecular weight excluding hydrogens is 420 g/mol. The number of carbonyl (C=O) groups is 1. The van der Waals surface area contributed by atoms with E-state index in [0.29, 0.717) is 6.54 Å². The lowest BCUT2D eigenvalue weighted by molar-refractivity contribution is 0.0737. The van der Waals surface area contributed by atoms with Crippen LogP contribution in [0.5, 0.6) is 5.75 Å². The molecule has 1 amide bonds. The first-order valence-corrected chi connectivity index (χ1v) is 11.4. The predicted molar refractivity (Wildman–Crippen MR) is 135 cm³/mol. The number of aromatic amines is 1. The zero-order chi connectivity index (χ0) is 23.1. The van der Waals surface area contributed by atoms with Crippen LogP contribution in [0.25, 0.3) is 22.2 Å². The Hall–Kier alpha value is -4.31. The van der Waals surface area contributed by atoms with Crippen molar-refractivity contribution in [2.75, 3.05) is 7.11 Å². The molecule has 5 aromatic rings. The molecular formula is C30H24N2O2. The van der Waals surface area contributed by atoms with Gasteiger partial charge in [-0.3, -0.25) is 4.79 Å². The van der Waals surface area contributed by atoms with Crippen molar-refractivity contribution < 1.29 is 9.53 Å². The normalized spacial score (nSPS) is 15.0. The lowest BCUT2D eigenvalue weighted by Crippen LogP contribution is -2.28. The van der Waals surface area contributed by atoms with E-state index in [1.54, 1.807) is 7.11 Å². The molecule has 0 radical (unpaired) electrons. The van der Waals surface area contributed by atoms with Gasteiger partial charge in [0, 0.05) is 34.1 Å². The highest BCUT2D eigenvalue weighted by Gasteiger charge is 2.40. The molecule has 34 heavy (non-hydrogen) atoms. The van der Waals surface area contributed by atoms with Crippen molar-refractivity contribution in [1.82, 2.24) is 9.88 Å². The van der Waals surface area contributed by atoms with Crippen LogP contribution >= 0.6 is 0 Å². The minimum Gasteiger partial charge on any atom is -0.497 e. The number of H-pyrrole nitrogens is 1. The largest absolute Gasteiger partial charge is 0.497 e. The molecule has 0 aliphatic carbocycles. The van der Waals surface area contributed by atoms with Gasteiger partial charge in [-0.15, -0.1) is 0 Å². The van der Waals surface area contributed by atoms with E-state index in [1.165, 1.54) is 0 Å². The van der Waals surface area contributed by atoms with Crippen molar-refractivity contribution in [3.8, 4) is 17.0 Å². The third kappa shape index (κ3) is 3.27. The molecule has 1 atom stereocenters. The van der Waals surface area contributed by atoms with Crippen LogP contribution in [0.4, 0.5) is 0 Å². The summed E-state index contributed by atoms with van der Waals surface area (Å²) in [6.07, 6.45) is 0. The minimum atomic E-state index is -0.207. The molecule has 1 aliphatic rings. The highest BCUT2D eigenvalue weighted by molar-refractivity contribution is 6.02. The molecule has 2 heterocycles. The summed E-state index contributed by atoms with van der Waals surface area (Å²) in [7, 11) is 1.68. The van der Waals surface area contributed by atoms with Gasteiger partial charge in [0.05, 0.1) is 18.8 Å². The molecule has 1 aromatic heterocycles. The summed E-state index contributed by atoms with van der Waals surface area (Å²) >= 11 is 0. The van der Waals surface area contributed by atoms with Gasteiger partial charge in [0.2, 0.25) is 0 Å². The van der Waals surface area contributed by atoms with E-state index in [1.807, 2.05) is 65.6 Å². The van der Waals surface area contributed by atoms with Gasteiger partial charge in [-0.1, -0.05) is 78.9 Å². The second-order valence-electron chi connectivity index (χ2n) is 8.60. The fraction of sp³-hybridized carbons (Fsp3) is 0.100. The number of carbonyl (C=O) groups excluding carboxylic acids is 1. The monoisotopic (exact) mass is 444 g/mol. The summed E-state index contributed by atoms with van der Waals surface area (Å²) in [4.78, 5) is 19.3. The molecule has 0 unspecified atom stereocenters. The van der Waals surface area contributed by atoms with Gasteiger partial charge in [-0.25, -0.2) is 0 Å². The number of ether oxygens (including phenoxy) is 1. The Morgan fingerprint density at radius 2 is 1.62 bits per heavy atom. The third-order valence-electron chi connectivity index (χ3n) is 6.63. The number of amides is 1. The molecule has 0 bridgehead atoms. The Balaban J connectivity index is 1.60. The molecule has 4 heteroatoms. The summed E-state index contributed by atoms with van der Waals surface area (Å²) in [5.74, 6) is 0.859. The van der Waals surface area contributed by atoms with Crippen molar-refractivity contribution in [2.24, 2.45) is 0 Å². The van der Waals surface area contributed by atoms with Crippen LogP contribution in [0.2, 0.25) is 0 Å². The number of para-hydroxylation sites is 1. The number of methoxy groups -OCH3 is 1. The fourth-order valence-corrected chi connectivity index (χ4v) is 5.08. The molecule has 166 valence electrons.